The minimum Gasteiger partial charge on any atom is -0.335 e. The van der Waals surface area contributed by atoms with E-state index in [-0.39, 0.29) is 5.91 Å². The van der Waals surface area contributed by atoms with E-state index >= 15 is 0 Å². The normalized spacial score (nSPS) is 22.1. The fraction of sp³-hybridized carbons (Fsp3) is 0.714. The van der Waals surface area contributed by atoms with E-state index in [1.54, 1.807) is 0 Å². The van der Waals surface area contributed by atoms with Crippen LogP contribution in [0.5, 0.6) is 0 Å². The molecule has 13 heavy (non-hydrogen) atoms. The van der Waals surface area contributed by atoms with Gasteiger partial charge in [-0.3, -0.25) is 19.7 Å². The molecule has 1 aliphatic heterocycles. The molecule has 0 saturated carbocycles. The highest BCUT2D eigenvalue weighted by Gasteiger charge is 2.34. The number of carbonyl (C=O) groups excluding carboxylic acids is 2. The van der Waals surface area contributed by atoms with Gasteiger partial charge in [0.05, 0.1) is 6.04 Å². The maximum absolute atomic E-state index is 11.2. The molecular weight excluding hydrogens is 176 g/mol. The summed E-state index contributed by atoms with van der Waals surface area (Å²) in [5, 5.41) is 10.0. The fourth-order valence-corrected chi connectivity index (χ4v) is 1.41. The van der Waals surface area contributed by atoms with Crippen LogP contribution >= 0.6 is 0 Å². The monoisotopic (exact) mass is 186 g/mol. The molecule has 0 spiro atoms. The number of Topliss-reactive ketones (excluding diaryl/α,β-unsaturated/α-hetero) is 1. The second-order valence-corrected chi connectivity index (χ2v) is 3.02. The molecule has 0 aromatic heterocycles. The number of rotatable bonds is 3. The van der Waals surface area contributed by atoms with E-state index < -0.39 is 23.3 Å². The lowest BCUT2D eigenvalue weighted by atomic mass is 10.1. The summed E-state index contributed by atoms with van der Waals surface area (Å²) in [5.74, 6) is -0.611. The Balaban J connectivity index is 2.58. The lowest BCUT2D eigenvalue weighted by Gasteiger charge is -2.16. The molecule has 1 saturated heterocycles. The second-order valence-electron chi connectivity index (χ2n) is 3.02. The van der Waals surface area contributed by atoms with Gasteiger partial charge in [-0.15, -0.1) is 0 Å². The van der Waals surface area contributed by atoms with Crippen LogP contribution < -0.4 is 0 Å². The minimum absolute atomic E-state index is 0.123. The topological polar surface area (TPSA) is 80.5 Å². The Kier molecular flexibility index (Phi) is 2.60. The van der Waals surface area contributed by atoms with Gasteiger partial charge >= 0.3 is 0 Å². The van der Waals surface area contributed by atoms with E-state index in [1.807, 2.05) is 0 Å². The second kappa shape index (κ2) is 3.51. The molecule has 0 aromatic carbocycles. The van der Waals surface area contributed by atoms with Gasteiger partial charge in [-0.25, -0.2) is 0 Å². The van der Waals surface area contributed by atoms with Crippen LogP contribution in [0.15, 0.2) is 0 Å². The van der Waals surface area contributed by atoms with Crippen molar-refractivity contribution in [2.45, 2.75) is 18.9 Å². The summed E-state index contributed by atoms with van der Waals surface area (Å²) in [6.07, 6.45) is 0.715. The van der Waals surface area contributed by atoms with Gasteiger partial charge in [-0.1, -0.05) is 0 Å². The number of nitro groups is 1. The molecule has 1 unspecified atom stereocenters. The van der Waals surface area contributed by atoms with Gasteiger partial charge in [0.15, 0.2) is 0 Å². The van der Waals surface area contributed by atoms with Crippen LogP contribution in [0.3, 0.4) is 0 Å². The summed E-state index contributed by atoms with van der Waals surface area (Å²) in [6.45, 7) is -0.692. The number of ketones is 1. The summed E-state index contributed by atoms with van der Waals surface area (Å²) < 4.78 is 0. The van der Waals surface area contributed by atoms with Gasteiger partial charge in [0.2, 0.25) is 11.7 Å². The maximum Gasteiger partial charge on any atom is 0.263 e. The number of carbonyl (C=O) groups is 2. The van der Waals surface area contributed by atoms with Gasteiger partial charge in [-0.2, -0.15) is 0 Å². The van der Waals surface area contributed by atoms with Crippen molar-refractivity contribution in [3.05, 3.63) is 10.1 Å². The van der Waals surface area contributed by atoms with Crippen LogP contribution in [0.25, 0.3) is 0 Å². The van der Waals surface area contributed by atoms with Crippen molar-refractivity contribution < 1.29 is 14.5 Å². The van der Waals surface area contributed by atoms with Crippen molar-refractivity contribution in [2.75, 3.05) is 13.6 Å². The van der Waals surface area contributed by atoms with Gasteiger partial charge in [0.1, 0.15) is 0 Å². The smallest absolute Gasteiger partial charge is 0.263 e. The average molecular weight is 186 g/mol. The molecule has 1 aliphatic rings. The molecule has 0 N–H and O–H groups in total. The molecule has 0 radical (unpaired) electrons. The highest BCUT2D eigenvalue weighted by molar-refractivity contribution is 5.92. The van der Waals surface area contributed by atoms with Crippen LogP contribution in [0.1, 0.15) is 12.8 Å². The van der Waals surface area contributed by atoms with E-state index in [2.05, 4.69) is 0 Å². The number of amides is 1. The van der Waals surface area contributed by atoms with E-state index in [4.69, 9.17) is 0 Å². The summed E-state index contributed by atoms with van der Waals surface area (Å²) in [4.78, 5) is 32.8. The van der Waals surface area contributed by atoms with Crippen LogP contribution in [0.2, 0.25) is 0 Å². The Morgan fingerprint density at radius 3 is 2.77 bits per heavy atom. The van der Waals surface area contributed by atoms with Crippen LogP contribution in [0, 0.1) is 10.1 Å². The van der Waals surface area contributed by atoms with Crippen molar-refractivity contribution in [3.8, 4) is 0 Å². The van der Waals surface area contributed by atoms with Gasteiger partial charge in [0.25, 0.3) is 6.54 Å². The number of likely N-dealkylation sites (N-methyl/N-ethyl adjacent to an activating group) is 1. The Morgan fingerprint density at radius 2 is 2.38 bits per heavy atom. The first kappa shape index (κ1) is 9.63. The van der Waals surface area contributed by atoms with E-state index in [9.17, 15) is 19.7 Å². The Hall–Kier alpha value is -1.46. The molecule has 0 bridgehead atoms. The summed E-state index contributed by atoms with van der Waals surface area (Å²) in [5.41, 5.74) is 0. The first-order chi connectivity index (χ1) is 6.02. The van der Waals surface area contributed by atoms with Crippen molar-refractivity contribution in [2.24, 2.45) is 0 Å². The van der Waals surface area contributed by atoms with Gasteiger partial charge < -0.3 is 4.90 Å². The molecule has 0 aromatic rings. The van der Waals surface area contributed by atoms with E-state index in [1.165, 1.54) is 11.9 Å². The maximum atomic E-state index is 11.2. The largest absolute Gasteiger partial charge is 0.335 e. The third kappa shape index (κ3) is 2.01. The van der Waals surface area contributed by atoms with Gasteiger partial charge in [-0.05, 0) is 6.42 Å². The zero-order chi connectivity index (χ0) is 10.0. The molecule has 1 fully saturated rings. The summed E-state index contributed by atoms with van der Waals surface area (Å²) >= 11 is 0. The van der Waals surface area contributed by atoms with Crippen molar-refractivity contribution in [3.63, 3.8) is 0 Å². The molecule has 1 amide bonds. The fourth-order valence-electron chi connectivity index (χ4n) is 1.41. The third-order valence-corrected chi connectivity index (χ3v) is 2.15. The molecule has 72 valence electrons. The molecule has 1 rings (SSSR count). The number of hydrogen-bond acceptors (Lipinski definition) is 4. The lowest BCUT2D eigenvalue weighted by molar-refractivity contribution is -0.467. The lowest BCUT2D eigenvalue weighted by Crippen LogP contribution is -2.38. The zero-order valence-electron chi connectivity index (χ0n) is 7.23. The Labute approximate surface area is 74.7 Å². The number of nitrogens with zero attached hydrogens (tertiary/aromatic N) is 2. The Morgan fingerprint density at radius 1 is 1.77 bits per heavy atom. The quantitative estimate of drug-likeness (QED) is 0.437. The highest BCUT2D eigenvalue weighted by atomic mass is 16.6. The molecule has 1 heterocycles. The molecule has 6 heteroatoms. The summed E-state index contributed by atoms with van der Waals surface area (Å²) in [7, 11) is 1.50. The molecule has 1 atom stereocenters. The number of likely N-dealkylation sites (tertiary alicyclic amines) is 1. The first-order valence-corrected chi connectivity index (χ1v) is 3.92. The van der Waals surface area contributed by atoms with E-state index in [0.29, 0.717) is 12.8 Å². The molecule has 6 nitrogen and oxygen atoms in total. The summed E-state index contributed by atoms with van der Waals surface area (Å²) in [6, 6.07) is -0.585. The van der Waals surface area contributed by atoms with Crippen LogP contribution in [-0.2, 0) is 9.59 Å². The predicted octanol–water partition coefficient (Wildman–Crippen LogP) is -0.547. The van der Waals surface area contributed by atoms with Crippen LogP contribution in [-0.4, -0.2) is 41.1 Å². The van der Waals surface area contributed by atoms with Gasteiger partial charge in [0, 0.05) is 18.4 Å². The SMILES string of the molecule is CN1C(=O)CCC1C(=O)C[N+](=O)[O-]. The average Bonchev–Trinajstić information content (AvgIpc) is 2.31. The highest BCUT2D eigenvalue weighted by Crippen LogP contribution is 2.16. The van der Waals surface area contributed by atoms with Crippen molar-refractivity contribution >= 4 is 11.7 Å². The van der Waals surface area contributed by atoms with Crippen molar-refractivity contribution in [1.29, 1.82) is 0 Å². The number of hydrogen-bond donors (Lipinski definition) is 0. The molecule has 0 aliphatic carbocycles. The van der Waals surface area contributed by atoms with E-state index in [0.717, 1.165) is 0 Å². The standard InChI is InChI=1S/C7H10N2O4/c1-8-5(2-3-7(8)11)6(10)4-9(12)13/h5H,2-4H2,1H3. The van der Waals surface area contributed by atoms with Crippen LogP contribution in [0.4, 0.5) is 0 Å². The Bertz CT molecular complexity index is 263. The first-order valence-electron chi connectivity index (χ1n) is 3.92. The third-order valence-electron chi connectivity index (χ3n) is 2.15. The van der Waals surface area contributed by atoms with Crippen molar-refractivity contribution in [1.82, 2.24) is 4.90 Å². The molecular formula is C7H10N2O4. The zero-order valence-corrected chi connectivity index (χ0v) is 7.23. The minimum atomic E-state index is -0.692. The predicted molar refractivity (Wildman–Crippen MR) is 42.7 cm³/mol.